The lowest BCUT2D eigenvalue weighted by atomic mass is 9.58. The van der Waals surface area contributed by atoms with Gasteiger partial charge in [0.25, 0.3) is 0 Å². The molecule has 3 aliphatic rings. The normalized spacial score (nSPS) is 25.7. The minimum Gasteiger partial charge on any atom is -0.437 e. The van der Waals surface area contributed by atoms with E-state index < -0.39 is 0 Å². The summed E-state index contributed by atoms with van der Waals surface area (Å²) >= 11 is 0. The fourth-order valence-corrected chi connectivity index (χ4v) is 6.15. The quantitative estimate of drug-likeness (QED) is 0.389. The number of piperidine rings is 1. The molecule has 0 spiro atoms. The zero-order chi connectivity index (χ0) is 19.9. The molecule has 0 saturated carbocycles. The van der Waals surface area contributed by atoms with Gasteiger partial charge in [0.2, 0.25) is 5.71 Å². The van der Waals surface area contributed by atoms with Crippen molar-refractivity contribution in [2.75, 3.05) is 11.4 Å². The summed E-state index contributed by atoms with van der Waals surface area (Å²) < 4.78 is 6.46. The van der Waals surface area contributed by atoms with E-state index >= 15 is 0 Å². The van der Waals surface area contributed by atoms with Crippen molar-refractivity contribution < 1.29 is 4.42 Å². The minimum absolute atomic E-state index is 0.103. The summed E-state index contributed by atoms with van der Waals surface area (Å²) in [4.78, 5) is 7.28. The van der Waals surface area contributed by atoms with Gasteiger partial charge in [-0.25, -0.2) is 4.98 Å². The number of aryl methyl sites for hydroxylation is 2. The molecule has 7 rings (SSSR count). The zero-order valence-corrected chi connectivity index (χ0v) is 17.5. The molecule has 1 saturated heterocycles. The number of hydrogen-bond donors (Lipinski definition) is 0. The average molecular weight is 383 g/mol. The summed E-state index contributed by atoms with van der Waals surface area (Å²) in [5, 5.41) is 2.31. The lowest BCUT2D eigenvalue weighted by Crippen LogP contribution is -2.57. The van der Waals surface area contributed by atoms with Crippen LogP contribution in [0, 0.1) is 13.8 Å². The maximum Gasteiger partial charge on any atom is 0.227 e. The predicted molar refractivity (Wildman–Crippen MR) is 119 cm³/mol. The van der Waals surface area contributed by atoms with E-state index in [1.807, 2.05) is 6.92 Å². The Labute approximate surface area is 171 Å². The highest BCUT2D eigenvalue weighted by molar-refractivity contribution is 6.05. The van der Waals surface area contributed by atoms with E-state index in [0.29, 0.717) is 12.0 Å². The molecule has 0 aliphatic carbocycles. The Balaban J connectivity index is 1.66. The number of para-hydroxylation sites is 1. The molecule has 2 unspecified atom stereocenters. The van der Waals surface area contributed by atoms with Crippen molar-refractivity contribution in [2.24, 2.45) is 0 Å². The van der Waals surface area contributed by atoms with E-state index in [9.17, 15) is 0 Å². The third-order valence-electron chi connectivity index (χ3n) is 7.57. The third-order valence-corrected chi connectivity index (χ3v) is 7.57. The van der Waals surface area contributed by atoms with Crippen LogP contribution in [0.1, 0.15) is 48.6 Å². The van der Waals surface area contributed by atoms with Crippen molar-refractivity contribution in [3.05, 3.63) is 70.9 Å². The van der Waals surface area contributed by atoms with Gasteiger partial charge in [0.15, 0.2) is 0 Å². The van der Waals surface area contributed by atoms with Crippen molar-refractivity contribution in [3.8, 4) is 0 Å². The van der Waals surface area contributed by atoms with Crippen molar-refractivity contribution in [2.45, 2.75) is 51.5 Å². The highest BCUT2D eigenvalue weighted by Gasteiger charge is 2.52. The van der Waals surface area contributed by atoms with Gasteiger partial charge in [-0.15, -0.1) is 0 Å². The number of benzene rings is 2. The van der Waals surface area contributed by atoms with Crippen LogP contribution in [0.25, 0.3) is 22.1 Å². The fraction of sp³-hybridized carbons (Fsp3) is 0.346. The number of hydrogen-bond acceptors (Lipinski definition) is 3. The highest BCUT2D eigenvalue weighted by atomic mass is 16.3. The Morgan fingerprint density at radius 3 is 2.69 bits per heavy atom. The third kappa shape index (κ3) is 2.11. The van der Waals surface area contributed by atoms with Gasteiger partial charge in [0.05, 0.1) is 0 Å². The Kier molecular flexibility index (Phi) is 3.31. The number of pyridine rings is 1. The molecule has 0 N–H and O–H groups in total. The van der Waals surface area contributed by atoms with Crippen LogP contribution in [0.5, 0.6) is 0 Å². The summed E-state index contributed by atoms with van der Waals surface area (Å²) in [5.41, 5.74) is 8.46. The lowest BCUT2D eigenvalue weighted by Gasteiger charge is -2.58. The number of aromatic nitrogens is 1. The Morgan fingerprint density at radius 1 is 1.03 bits per heavy atom. The zero-order valence-electron chi connectivity index (χ0n) is 17.5. The molecule has 3 heteroatoms. The second-order valence-corrected chi connectivity index (χ2v) is 9.18. The smallest absolute Gasteiger partial charge is 0.227 e. The van der Waals surface area contributed by atoms with Crippen molar-refractivity contribution in [1.82, 2.24) is 4.98 Å². The number of furan rings is 1. The van der Waals surface area contributed by atoms with Crippen molar-refractivity contribution in [1.29, 1.82) is 0 Å². The monoisotopic (exact) mass is 382 g/mol. The summed E-state index contributed by atoms with van der Waals surface area (Å²) in [6, 6.07) is 18.1. The molecule has 3 aliphatic heterocycles. The molecular formula is C26H26N2O. The van der Waals surface area contributed by atoms with Crippen molar-refractivity contribution in [3.63, 3.8) is 0 Å². The van der Waals surface area contributed by atoms with Crippen LogP contribution in [0.3, 0.4) is 0 Å². The van der Waals surface area contributed by atoms with Crippen LogP contribution in [0.2, 0.25) is 0 Å². The number of rotatable bonds is 1. The van der Waals surface area contributed by atoms with E-state index in [4.69, 9.17) is 4.42 Å². The van der Waals surface area contributed by atoms with Gasteiger partial charge in [-0.3, -0.25) is 0 Å². The second-order valence-electron chi connectivity index (χ2n) is 9.18. The van der Waals surface area contributed by atoms with Crippen LogP contribution in [-0.2, 0) is 5.41 Å². The number of fused-ring (bicyclic) bond motifs is 5. The van der Waals surface area contributed by atoms with Gasteiger partial charge in [-0.05, 0) is 56.5 Å². The number of anilines is 1. The molecule has 29 heavy (non-hydrogen) atoms. The van der Waals surface area contributed by atoms with Gasteiger partial charge >= 0.3 is 0 Å². The van der Waals surface area contributed by atoms with Gasteiger partial charge in [-0.2, -0.15) is 0 Å². The first-order chi connectivity index (χ1) is 14.0. The van der Waals surface area contributed by atoms with E-state index in [-0.39, 0.29) is 5.41 Å². The topological polar surface area (TPSA) is 29.3 Å². The maximum absolute atomic E-state index is 6.46. The maximum atomic E-state index is 6.46. The highest BCUT2D eigenvalue weighted by Crippen LogP contribution is 2.57. The van der Waals surface area contributed by atoms with E-state index in [1.165, 1.54) is 34.2 Å². The first-order valence-corrected chi connectivity index (χ1v) is 10.6. The Morgan fingerprint density at radius 2 is 1.83 bits per heavy atom. The summed E-state index contributed by atoms with van der Waals surface area (Å²) in [6.45, 7) is 10.2. The standard InChI is InChI=1S/C26H26N2O/c1-15-9-11-18-19-12-10-16(2)27-25(19)29-24(18)22(15)23-17(3)28-14-13-26(23,4)20-7-5-6-8-21(20)28/h5-12,17,23H,13-14H2,1-4H3/t17-,23?,26?/m1/s1. The van der Waals surface area contributed by atoms with Crippen LogP contribution in [-0.4, -0.2) is 17.6 Å². The van der Waals surface area contributed by atoms with Crippen LogP contribution in [0.15, 0.2) is 52.9 Å². The molecule has 2 aromatic carbocycles. The summed E-state index contributed by atoms with van der Waals surface area (Å²) in [6.07, 6.45) is 1.17. The fourth-order valence-electron chi connectivity index (χ4n) is 6.15. The molecule has 2 bridgehead atoms. The molecular weight excluding hydrogens is 356 g/mol. The molecule has 2 aromatic heterocycles. The first-order valence-electron chi connectivity index (χ1n) is 10.6. The summed E-state index contributed by atoms with van der Waals surface area (Å²) in [7, 11) is 0. The van der Waals surface area contributed by atoms with Gasteiger partial charge in [0.1, 0.15) is 5.58 Å². The van der Waals surface area contributed by atoms with Gasteiger partial charge in [-0.1, -0.05) is 37.3 Å². The molecule has 5 heterocycles. The minimum atomic E-state index is 0.103. The van der Waals surface area contributed by atoms with Crippen LogP contribution < -0.4 is 4.90 Å². The molecule has 0 radical (unpaired) electrons. The largest absolute Gasteiger partial charge is 0.437 e. The average Bonchev–Trinajstić information content (AvgIpc) is 3.07. The van der Waals surface area contributed by atoms with Crippen LogP contribution >= 0.6 is 0 Å². The van der Waals surface area contributed by atoms with E-state index in [2.05, 4.69) is 79.2 Å². The Hall–Kier alpha value is -2.81. The molecule has 3 atom stereocenters. The molecule has 146 valence electrons. The Bertz CT molecular complexity index is 1290. The molecule has 3 nitrogen and oxygen atoms in total. The lowest BCUT2D eigenvalue weighted by molar-refractivity contribution is 0.243. The van der Waals surface area contributed by atoms with Crippen LogP contribution in [0.4, 0.5) is 5.69 Å². The molecule has 4 aromatic rings. The predicted octanol–water partition coefficient (Wildman–Crippen LogP) is 6.25. The van der Waals surface area contributed by atoms with E-state index in [0.717, 1.165) is 28.9 Å². The molecule has 1 fully saturated rings. The second kappa shape index (κ2) is 5.63. The summed E-state index contributed by atoms with van der Waals surface area (Å²) in [5.74, 6) is 0.386. The first kappa shape index (κ1) is 17.1. The van der Waals surface area contributed by atoms with Gasteiger partial charge in [0, 0.05) is 51.6 Å². The van der Waals surface area contributed by atoms with Crippen molar-refractivity contribution >= 4 is 27.8 Å². The SMILES string of the molecule is Cc1ccc2c(n1)oc1c(C3[C@@H](C)N4CCC3(C)c3ccccc34)c(C)ccc12. The molecule has 0 amide bonds. The van der Waals surface area contributed by atoms with E-state index in [1.54, 1.807) is 0 Å². The van der Waals surface area contributed by atoms with Gasteiger partial charge < -0.3 is 9.32 Å². The number of nitrogens with zero attached hydrogens (tertiary/aromatic N) is 2.